The van der Waals surface area contributed by atoms with Gasteiger partial charge in [-0.15, -0.1) is 0 Å². The highest BCUT2D eigenvalue weighted by Gasteiger charge is 2.34. The molecule has 1 aromatic carbocycles. The average molecular weight is 411 g/mol. The minimum Gasteiger partial charge on any atom is -0.350 e. The number of aromatic nitrogens is 1. The topological polar surface area (TPSA) is 62.3 Å². The van der Waals surface area contributed by atoms with Gasteiger partial charge in [0.2, 0.25) is 5.91 Å². The van der Waals surface area contributed by atoms with Gasteiger partial charge in [-0.3, -0.25) is 14.6 Å². The summed E-state index contributed by atoms with van der Waals surface area (Å²) in [7, 11) is 0. The molecule has 0 radical (unpaired) electrons. The highest BCUT2D eigenvalue weighted by molar-refractivity contribution is 5.93. The number of carbonyl (C=O) groups excluding carboxylic acids is 2. The van der Waals surface area contributed by atoms with E-state index in [1.807, 2.05) is 0 Å². The summed E-state index contributed by atoms with van der Waals surface area (Å²) in [6.45, 7) is 3.37. The molecule has 0 fully saturated rings. The number of alkyl halides is 3. The maximum Gasteiger partial charge on any atom is 0.419 e. The molecule has 2 amide bonds. The van der Waals surface area contributed by atoms with E-state index < -0.39 is 23.5 Å². The summed E-state index contributed by atoms with van der Waals surface area (Å²) in [6.07, 6.45) is -1.91. The first kappa shape index (κ1) is 22.3. The van der Waals surface area contributed by atoms with Crippen LogP contribution in [0.4, 0.5) is 17.6 Å². The molecule has 0 aliphatic rings. The van der Waals surface area contributed by atoms with Crippen LogP contribution in [0.1, 0.15) is 35.3 Å². The fourth-order valence-corrected chi connectivity index (χ4v) is 2.64. The van der Waals surface area contributed by atoms with Crippen LogP contribution in [0.5, 0.6) is 0 Å². The number of hydrogen-bond donors (Lipinski definition) is 1. The van der Waals surface area contributed by atoms with E-state index in [1.165, 1.54) is 23.4 Å². The van der Waals surface area contributed by atoms with Gasteiger partial charge < -0.3 is 10.2 Å². The van der Waals surface area contributed by atoms with Gasteiger partial charge in [-0.05, 0) is 29.8 Å². The molecule has 0 bridgehead atoms. The van der Waals surface area contributed by atoms with Crippen molar-refractivity contribution in [1.82, 2.24) is 15.2 Å². The molecule has 156 valence electrons. The number of nitrogens with one attached hydrogen (secondary N) is 1. The summed E-state index contributed by atoms with van der Waals surface area (Å²) in [5, 5.41) is 2.64. The van der Waals surface area contributed by atoms with Crippen LogP contribution in [-0.4, -0.2) is 34.8 Å². The summed E-state index contributed by atoms with van der Waals surface area (Å²) >= 11 is 0. The van der Waals surface area contributed by atoms with Gasteiger partial charge in [-0.25, -0.2) is 4.39 Å². The molecule has 2 aromatic rings. The maximum absolute atomic E-state index is 13.5. The fraction of sp³-hybridized carbons (Fsp3) is 0.350. The van der Waals surface area contributed by atoms with Crippen molar-refractivity contribution in [2.24, 2.45) is 5.92 Å². The lowest BCUT2D eigenvalue weighted by Crippen LogP contribution is -2.40. The predicted molar refractivity (Wildman–Crippen MR) is 98.2 cm³/mol. The van der Waals surface area contributed by atoms with Crippen LogP contribution in [0.25, 0.3) is 0 Å². The van der Waals surface area contributed by atoms with E-state index in [-0.39, 0.29) is 37.0 Å². The average Bonchev–Trinajstić information content (AvgIpc) is 2.67. The molecule has 0 aliphatic heterocycles. The number of benzene rings is 1. The Bertz CT molecular complexity index is 855. The Balaban J connectivity index is 2.09. The van der Waals surface area contributed by atoms with Crippen molar-refractivity contribution in [1.29, 1.82) is 0 Å². The Morgan fingerprint density at radius 2 is 1.93 bits per heavy atom. The zero-order valence-electron chi connectivity index (χ0n) is 16.0. The first-order valence-corrected chi connectivity index (χ1v) is 8.92. The van der Waals surface area contributed by atoms with Crippen LogP contribution in [0.15, 0.2) is 42.7 Å². The molecule has 1 heterocycles. The van der Waals surface area contributed by atoms with Crippen LogP contribution >= 0.6 is 0 Å². The largest absolute Gasteiger partial charge is 0.419 e. The van der Waals surface area contributed by atoms with Gasteiger partial charge in [0.15, 0.2) is 0 Å². The van der Waals surface area contributed by atoms with E-state index in [1.54, 1.807) is 26.0 Å². The van der Waals surface area contributed by atoms with E-state index in [0.717, 1.165) is 6.07 Å². The SMILES string of the molecule is CC(C)C(=O)N(CCNC(=O)c1cccnc1)Cc1ccc(F)c(C(F)(F)F)c1. The Morgan fingerprint density at radius 1 is 1.21 bits per heavy atom. The number of rotatable bonds is 7. The van der Waals surface area contributed by atoms with Crippen molar-refractivity contribution in [3.63, 3.8) is 0 Å². The van der Waals surface area contributed by atoms with Crippen LogP contribution in [0.3, 0.4) is 0 Å². The summed E-state index contributed by atoms with van der Waals surface area (Å²) in [6, 6.07) is 5.83. The van der Waals surface area contributed by atoms with Crippen molar-refractivity contribution in [2.75, 3.05) is 13.1 Å². The summed E-state index contributed by atoms with van der Waals surface area (Å²) in [5.41, 5.74) is -0.884. The molecule has 0 saturated heterocycles. The second kappa shape index (κ2) is 9.49. The normalized spacial score (nSPS) is 11.4. The Kier molecular flexibility index (Phi) is 7.30. The molecule has 1 N–H and O–H groups in total. The minimum atomic E-state index is -4.83. The number of nitrogens with zero attached hydrogens (tertiary/aromatic N) is 2. The zero-order valence-corrected chi connectivity index (χ0v) is 16.0. The Morgan fingerprint density at radius 3 is 2.52 bits per heavy atom. The summed E-state index contributed by atoms with van der Waals surface area (Å²) in [5.74, 6) is -2.44. The van der Waals surface area contributed by atoms with E-state index in [9.17, 15) is 27.2 Å². The van der Waals surface area contributed by atoms with Crippen molar-refractivity contribution >= 4 is 11.8 Å². The highest BCUT2D eigenvalue weighted by atomic mass is 19.4. The lowest BCUT2D eigenvalue weighted by molar-refractivity contribution is -0.140. The predicted octanol–water partition coefficient (Wildman–Crippen LogP) is 3.65. The van der Waals surface area contributed by atoms with Crippen LogP contribution < -0.4 is 5.32 Å². The molecule has 0 saturated carbocycles. The van der Waals surface area contributed by atoms with E-state index >= 15 is 0 Å². The van der Waals surface area contributed by atoms with E-state index in [4.69, 9.17) is 0 Å². The number of halogens is 4. The molecule has 0 unspecified atom stereocenters. The first-order valence-electron chi connectivity index (χ1n) is 8.92. The number of amides is 2. The number of hydrogen-bond acceptors (Lipinski definition) is 3. The van der Waals surface area contributed by atoms with Gasteiger partial charge in [0.25, 0.3) is 5.91 Å². The van der Waals surface area contributed by atoms with Gasteiger partial charge >= 0.3 is 6.18 Å². The Hall–Kier alpha value is -2.97. The fourth-order valence-electron chi connectivity index (χ4n) is 2.64. The second-order valence-electron chi connectivity index (χ2n) is 6.72. The summed E-state index contributed by atoms with van der Waals surface area (Å²) < 4.78 is 52.3. The minimum absolute atomic E-state index is 0.0851. The molecule has 0 atom stereocenters. The molecular weight excluding hydrogens is 390 g/mol. The molecule has 1 aromatic heterocycles. The van der Waals surface area contributed by atoms with E-state index in [0.29, 0.717) is 11.6 Å². The molecule has 0 spiro atoms. The number of pyridine rings is 1. The smallest absolute Gasteiger partial charge is 0.350 e. The molecule has 5 nitrogen and oxygen atoms in total. The van der Waals surface area contributed by atoms with Crippen molar-refractivity contribution in [2.45, 2.75) is 26.6 Å². The maximum atomic E-state index is 13.5. The van der Waals surface area contributed by atoms with Crippen molar-refractivity contribution < 1.29 is 27.2 Å². The standard InChI is InChI=1S/C20H21F4N3O2/c1-13(2)19(29)27(9-8-26-18(28)15-4-3-7-25-11-15)12-14-5-6-17(21)16(10-14)20(22,23)24/h3-7,10-11,13H,8-9,12H2,1-2H3,(H,26,28). The molecule has 0 aliphatic carbocycles. The molecule has 2 rings (SSSR count). The molecule has 29 heavy (non-hydrogen) atoms. The van der Waals surface area contributed by atoms with E-state index in [2.05, 4.69) is 10.3 Å². The monoisotopic (exact) mass is 411 g/mol. The Labute approximate surface area is 165 Å². The van der Waals surface area contributed by atoms with Crippen LogP contribution in [0.2, 0.25) is 0 Å². The van der Waals surface area contributed by atoms with Gasteiger partial charge in [0.1, 0.15) is 5.82 Å². The quantitative estimate of drug-likeness (QED) is 0.708. The zero-order chi connectivity index (χ0) is 21.6. The van der Waals surface area contributed by atoms with Gasteiger partial charge in [-0.1, -0.05) is 19.9 Å². The molecular formula is C20H21F4N3O2. The van der Waals surface area contributed by atoms with Gasteiger partial charge in [-0.2, -0.15) is 13.2 Å². The lowest BCUT2D eigenvalue weighted by atomic mass is 10.1. The van der Waals surface area contributed by atoms with Gasteiger partial charge in [0.05, 0.1) is 11.1 Å². The molecule has 9 heteroatoms. The summed E-state index contributed by atoms with van der Waals surface area (Å²) in [4.78, 5) is 29.7. The second-order valence-corrected chi connectivity index (χ2v) is 6.72. The van der Waals surface area contributed by atoms with Gasteiger partial charge in [0, 0.05) is 37.9 Å². The highest BCUT2D eigenvalue weighted by Crippen LogP contribution is 2.32. The van der Waals surface area contributed by atoms with Crippen molar-refractivity contribution in [3.05, 3.63) is 65.2 Å². The number of carbonyl (C=O) groups is 2. The van der Waals surface area contributed by atoms with Crippen LogP contribution in [-0.2, 0) is 17.5 Å². The first-order chi connectivity index (χ1) is 13.6. The third-order valence-electron chi connectivity index (χ3n) is 4.11. The third kappa shape index (κ3) is 6.27. The third-order valence-corrected chi connectivity index (χ3v) is 4.11. The van der Waals surface area contributed by atoms with Crippen LogP contribution in [0, 0.1) is 11.7 Å². The van der Waals surface area contributed by atoms with Crippen molar-refractivity contribution in [3.8, 4) is 0 Å². The lowest BCUT2D eigenvalue weighted by Gasteiger charge is -2.25.